The van der Waals surface area contributed by atoms with E-state index in [0.29, 0.717) is 12.0 Å². The van der Waals surface area contributed by atoms with E-state index in [4.69, 9.17) is 0 Å². The minimum absolute atomic E-state index is 0.570. The maximum Gasteiger partial charge on any atom is 0.0482 e. The molecule has 0 spiro atoms. The zero-order valence-electron chi connectivity index (χ0n) is 12.6. The molecule has 1 aromatic rings. The molecular weight excluding hydrogens is 244 g/mol. The standard InChI is InChI=1S/C18H26N2/c1-2-19-17(13-14-7-4-3-5-8-14)16-11-10-15-9-6-12-20-18(15)16/h6-7,9,12,16-17,19H,2-5,8,10-11,13H2,1H3. The Morgan fingerprint density at radius 3 is 3.10 bits per heavy atom. The molecule has 0 fully saturated rings. The van der Waals surface area contributed by atoms with Crippen LogP contribution in [0.5, 0.6) is 0 Å². The molecule has 20 heavy (non-hydrogen) atoms. The van der Waals surface area contributed by atoms with Gasteiger partial charge in [-0.3, -0.25) is 4.98 Å². The summed E-state index contributed by atoms with van der Waals surface area (Å²) in [7, 11) is 0. The summed E-state index contributed by atoms with van der Waals surface area (Å²) >= 11 is 0. The Bertz CT molecular complexity index is 478. The lowest BCUT2D eigenvalue weighted by Crippen LogP contribution is -2.35. The number of pyridine rings is 1. The van der Waals surface area contributed by atoms with Gasteiger partial charge in [0.15, 0.2) is 0 Å². The van der Waals surface area contributed by atoms with Crippen LogP contribution in [0.3, 0.4) is 0 Å². The fourth-order valence-electron chi connectivity index (χ4n) is 3.83. The lowest BCUT2D eigenvalue weighted by atomic mass is 9.87. The number of rotatable bonds is 5. The highest BCUT2D eigenvalue weighted by Crippen LogP contribution is 2.36. The predicted molar refractivity (Wildman–Crippen MR) is 83.9 cm³/mol. The number of hydrogen-bond donors (Lipinski definition) is 1. The first-order valence-corrected chi connectivity index (χ1v) is 8.23. The molecule has 0 aliphatic heterocycles. The molecule has 2 heteroatoms. The summed E-state index contributed by atoms with van der Waals surface area (Å²) in [6.07, 6.45) is 13.5. The maximum absolute atomic E-state index is 4.68. The van der Waals surface area contributed by atoms with E-state index in [2.05, 4.69) is 35.4 Å². The minimum Gasteiger partial charge on any atom is -0.313 e. The second-order valence-corrected chi connectivity index (χ2v) is 6.17. The molecule has 2 aliphatic rings. The van der Waals surface area contributed by atoms with Crippen LogP contribution in [0.15, 0.2) is 30.0 Å². The molecule has 2 atom stereocenters. The Kier molecular flexibility index (Phi) is 4.51. The molecule has 0 saturated carbocycles. The summed E-state index contributed by atoms with van der Waals surface area (Å²) in [6, 6.07) is 4.90. The van der Waals surface area contributed by atoms with Gasteiger partial charge in [0.25, 0.3) is 0 Å². The van der Waals surface area contributed by atoms with Crippen LogP contribution < -0.4 is 5.32 Å². The molecule has 1 heterocycles. The first-order valence-electron chi connectivity index (χ1n) is 8.23. The lowest BCUT2D eigenvalue weighted by molar-refractivity contribution is 0.421. The summed E-state index contributed by atoms with van der Waals surface area (Å²) in [6.45, 7) is 3.27. The third kappa shape index (κ3) is 2.95. The number of fused-ring (bicyclic) bond motifs is 1. The second-order valence-electron chi connectivity index (χ2n) is 6.17. The maximum atomic E-state index is 4.68. The number of aromatic nitrogens is 1. The van der Waals surface area contributed by atoms with Gasteiger partial charge in [0.1, 0.15) is 0 Å². The normalized spacial score (nSPS) is 23.2. The van der Waals surface area contributed by atoms with Crippen LogP contribution in [-0.2, 0) is 6.42 Å². The molecule has 2 nitrogen and oxygen atoms in total. The van der Waals surface area contributed by atoms with Crippen molar-refractivity contribution in [3.63, 3.8) is 0 Å². The SMILES string of the molecule is CCNC(CC1=CCCCC1)C1CCc2cccnc21. The molecule has 2 unspecified atom stereocenters. The molecule has 0 radical (unpaired) electrons. The summed E-state index contributed by atoms with van der Waals surface area (Å²) in [5.74, 6) is 0.606. The molecular formula is C18H26N2. The quantitative estimate of drug-likeness (QED) is 0.819. The molecule has 3 rings (SSSR count). The van der Waals surface area contributed by atoms with Crippen LogP contribution in [0, 0.1) is 0 Å². The Morgan fingerprint density at radius 1 is 1.35 bits per heavy atom. The van der Waals surface area contributed by atoms with Gasteiger partial charge < -0.3 is 5.32 Å². The van der Waals surface area contributed by atoms with Gasteiger partial charge in [0.05, 0.1) is 0 Å². The number of hydrogen-bond acceptors (Lipinski definition) is 2. The smallest absolute Gasteiger partial charge is 0.0482 e. The van der Waals surface area contributed by atoms with Crippen LogP contribution in [0.1, 0.15) is 62.6 Å². The monoisotopic (exact) mass is 270 g/mol. The third-order valence-corrected chi connectivity index (χ3v) is 4.82. The second kappa shape index (κ2) is 6.53. The van der Waals surface area contributed by atoms with Gasteiger partial charge in [0, 0.05) is 23.9 Å². The van der Waals surface area contributed by atoms with Crippen molar-refractivity contribution in [2.75, 3.05) is 6.54 Å². The van der Waals surface area contributed by atoms with Gasteiger partial charge in [-0.2, -0.15) is 0 Å². The summed E-state index contributed by atoms with van der Waals surface area (Å²) < 4.78 is 0. The van der Waals surface area contributed by atoms with E-state index in [9.17, 15) is 0 Å². The van der Waals surface area contributed by atoms with E-state index in [1.807, 2.05) is 6.20 Å². The average Bonchev–Trinajstić information content (AvgIpc) is 2.92. The van der Waals surface area contributed by atoms with Crippen molar-refractivity contribution in [3.05, 3.63) is 41.2 Å². The number of nitrogens with one attached hydrogen (secondary N) is 1. The van der Waals surface area contributed by atoms with E-state index < -0.39 is 0 Å². The van der Waals surface area contributed by atoms with Crippen LogP contribution in [0.25, 0.3) is 0 Å². The van der Waals surface area contributed by atoms with Gasteiger partial charge in [-0.05, 0) is 63.1 Å². The van der Waals surface area contributed by atoms with Crippen molar-refractivity contribution in [1.29, 1.82) is 0 Å². The first kappa shape index (κ1) is 13.8. The zero-order valence-corrected chi connectivity index (χ0v) is 12.6. The summed E-state index contributed by atoms with van der Waals surface area (Å²) in [5, 5.41) is 3.73. The number of aryl methyl sites for hydroxylation is 1. The predicted octanol–water partition coefficient (Wildman–Crippen LogP) is 3.98. The highest BCUT2D eigenvalue weighted by molar-refractivity contribution is 5.30. The highest BCUT2D eigenvalue weighted by Gasteiger charge is 2.30. The molecule has 2 aliphatic carbocycles. The molecule has 0 aromatic carbocycles. The zero-order chi connectivity index (χ0) is 13.8. The third-order valence-electron chi connectivity index (χ3n) is 4.82. The van der Waals surface area contributed by atoms with E-state index in [0.717, 1.165) is 6.54 Å². The fraction of sp³-hybridized carbons (Fsp3) is 0.611. The van der Waals surface area contributed by atoms with E-state index in [1.54, 1.807) is 5.57 Å². The van der Waals surface area contributed by atoms with E-state index in [1.165, 1.54) is 56.2 Å². The van der Waals surface area contributed by atoms with Crippen molar-refractivity contribution >= 4 is 0 Å². The Hall–Kier alpha value is -1.15. The van der Waals surface area contributed by atoms with E-state index >= 15 is 0 Å². The molecule has 0 saturated heterocycles. The number of likely N-dealkylation sites (N-methyl/N-ethyl adjacent to an activating group) is 1. The van der Waals surface area contributed by atoms with Crippen molar-refractivity contribution in [3.8, 4) is 0 Å². The van der Waals surface area contributed by atoms with Crippen molar-refractivity contribution in [2.45, 2.75) is 63.8 Å². The van der Waals surface area contributed by atoms with Gasteiger partial charge in [0.2, 0.25) is 0 Å². The molecule has 0 bridgehead atoms. The largest absolute Gasteiger partial charge is 0.313 e. The summed E-state index contributed by atoms with van der Waals surface area (Å²) in [5.41, 5.74) is 4.50. The Balaban J connectivity index is 1.75. The van der Waals surface area contributed by atoms with Gasteiger partial charge in [-0.25, -0.2) is 0 Å². The van der Waals surface area contributed by atoms with Crippen LogP contribution >= 0.6 is 0 Å². The Morgan fingerprint density at radius 2 is 2.30 bits per heavy atom. The van der Waals surface area contributed by atoms with Gasteiger partial charge in [-0.1, -0.05) is 24.6 Å². The average molecular weight is 270 g/mol. The van der Waals surface area contributed by atoms with Gasteiger partial charge >= 0.3 is 0 Å². The Labute approximate surface area is 122 Å². The highest BCUT2D eigenvalue weighted by atomic mass is 14.9. The molecule has 0 amide bonds. The molecule has 1 N–H and O–H groups in total. The van der Waals surface area contributed by atoms with Crippen LogP contribution in [0.4, 0.5) is 0 Å². The topological polar surface area (TPSA) is 24.9 Å². The van der Waals surface area contributed by atoms with Gasteiger partial charge in [-0.15, -0.1) is 0 Å². The fourth-order valence-corrected chi connectivity index (χ4v) is 3.83. The van der Waals surface area contributed by atoms with E-state index in [-0.39, 0.29) is 0 Å². The van der Waals surface area contributed by atoms with Crippen molar-refractivity contribution in [2.24, 2.45) is 0 Å². The number of allylic oxidation sites excluding steroid dienone is 1. The first-order chi connectivity index (χ1) is 9.88. The minimum atomic E-state index is 0.570. The van der Waals surface area contributed by atoms with Crippen molar-refractivity contribution in [1.82, 2.24) is 10.3 Å². The molecule has 1 aromatic heterocycles. The lowest BCUT2D eigenvalue weighted by Gasteiger charge is -2.27. The van der Waals surface area contributed by atoms with Crippen LogP contribution in [0.2, 0.25) is 0 Å². The molecule has 108 valence electrons. The number of nitrogens with zero attached hydrogens (tertiary/aromatic N) is 1. The summed E-state index contributed by atoms with van der Waals surface area (Å²) in [4.78, 5) is 4.68. The van der Waals surface area contributed by atoms with Crippen molar-refractivity contribution < 1.29 is 0 Å². The van der Waals surface area contributed by atoms with Crippen LogP contribution in [-0.4, -0.2) is 17.6 Å².